The molecular formula is C14H30N2. The van der Waals surface area contributed by atoms with Gasteiger partial charge in [0.25, 0.3) is 0 Å². The van der Waals surface area contributed by atoms with Crippen LogP contribution in [0.1, 0.15) is 52.4 Å². The molecule has 96 valence electrons. The summed E-state index contributed by atoms with van der Waals surface area (Å²) in [5.41, 5.74) is 5.57. The van der Waals surface area contributed by atoms with Crippen molar-refractivity contribution in [2.24, 2.45) is 17.6 Å². The molecule has 1 saturated carbocycles. The molecule has 1 fully saturated rings. The maximum atomic E-state index is 5.57. The van der Waals surface area contributed by atoms with Crippen LogP contribution < -0.4 is 5.73 Å². The number of rotatable bonds is 5. The molecule has 0 spiro atoms. The molecule has 16 heavy (non-hydrogen) atoms. The molecule has 0 aromatic carbocycles. The van der Waals surface area contributed by atoms with Gasteiger partial charge in [-0.25, -0.2) is 0 Å². The van der Waals surface area contributed by atoms with Gasteiger partial charge in [-0.2, -0.15) is 0 Å². The molecule has 0 amide bonds. The van der Waals surface area contributed by atoms with Crippen molar-refractivity contribution in [3.05, 3.63) is 0 Å². The molecule has 0 aromatic heterocycles. The van der Waals surface area contributed by atoms with Gasteiger partial charge in [0.1, 0.15) is 0 Å². The highest BCUT2D eigenvalue weighted by Crippen LogP contribution is 2.30. The summed E-state index contributed by atoms with van der Waals surface area (Å²) in [5.74, 6) is 1.83. The van der Waals surface area contributed by atoms with E-state index in [0.717, 1.165) is 30.8 Å². The quantitative estimate of drug-likeness (QED) is 0.730. The zero-order chi connectivity index (χ0) is 12.0. The average Bonchev–Trinajstić information content (AvgIpc) is 2.51. The number of hydrogen-bond donors (Lipinski definition) is 1. The summed E-state index contributed by atoms with van der Waals surface area (Å²) in [7, 11) is 2.27. The van der Waals surface area contributed by atoms with Crippen molar-refractivity contribution in [2.45, 2.75) is 58.4 Å². The zero-order valence-corrected chi connectivity index (χ0v) is 11.4. The SMILES string of the molecule is CC(C)C1CCCC(N(C)CCCN)CC1. The van der Waals surface area contributed by atoms with E-state index in [-0.39, 0.29) is 0 Å². The van der Waals surface area contributed by atoms with E-state index in [2.05, 4.69) is 25.8 Å². The van der Waals surface area contributed by atoms with Crippen molar-refractivity contribution in [1.29, 1.82) is 0 Å². The van der Waals surface area contributed by atoms with Gasteiger partial charge in [0, 0.05) is 6.04 Å². The van der Waals surface area contributed by atoms with Crippen LogP contribution in [0.4, 0.5) is 0 Å². The van der Waals surface area contributed by atoms with E-state index in [9.17, 15) is 0 Å². The first-order valence-electron chi connectivity index (χ1n) is 7.05. The van der Waals surface area contributed by atoms with Crippen LogP contribution in [0, 0.1) is 11.8 Å². The molecule has 2 nitrogen and oxygen atoms in total. The Morgan fingerprint density at radius 1 is 1.19 bits per heavy atom. The van der Waals surface area contributed by atoms with Crippen LogP contribution in [0.15, 0.2) is 0 Å². The lowest BCUT2D eigenvalue weighted by Gasteiger charge is -2.27. The Hall–Kier alpha value is -0.0800. The molecule has 2 atom stereocenters. The van der Waals surface area contributed by atoms with Gasteiger partial charge in [0.05, 0.1) is 0 Å². The smallest absolute Gasteiger partial charge is 0.00923 e. The summed E-state index contributed by atoms with van der Waals surface area (Å²) >= 11 is 0. The molecular weight excluding hydrogens is 196 g/mol. The second-order valence-electron chi connectivity index (χ2n) is 5.79. The molecule has 0 saturated heterocycles. The normalized spacial score (nSPS) is 27.4. The molecule has 0 aromatic rings. The molecule has 2 heteroatoms. The average molecular weight is 226 g/mol. The Morgan fingerprint density at radius 3 is 2.56 bits per heavy atom. The molecule has 1 rings (SSSR count). The van der Waals surface area contributed by atoms with Crippen LogP contribution in [0.2, 0.25) is 0 Å². The minimum absolute atomic E-state index is 0.815. The fraction of sp³-hybridized carbons (Fsp3) is 1.00. The number of nitrogens with zero attached hydrogens (tertiary/aromatic N) is 1. The van der Waals surface area contributed by atoms with Crippen LogP contribution in [0.5, 0.6) is 0 Å². The van der Waals surface area contributed by atoms with Crippen molar-refractivity contribution >= 4 is 0 Å². The van der Waals surface area contributed by atoms with E-state index in [1.807, 2.05) is 0 Å². The van der Waals surface area contributed by atoms with Gasteiger partial charge in [-0.3, -0.25) is 0 Å². The molecule has 1 aliphatic rings. The summed E-state index contributed by atoms with van der Waals surface area (Å²) in [6, 6.07) is 0.815. The standard InChI is InChI=1S/C14H30N2/c1-12(2)13-6-4-7-14(9-8-13)16(3)11-5-10-15/h12-14H,4-11,15H2,1-3H3. The Morgan fingerprint density at radius 2 is 1.94 bits per heavy atom. The van der Waals surface area contributed by atoms with Crippen LogP contribution >= 0.6 is 0 Å². The maximum Gasteiger partial charge on any atom is 0.00923 e. The summed E-state index contributed by atoms with van der Waals surface area (Å²) in [6.45, 7) is 6.76. The minimum atomic E-state index is 0.815. The van der Waals surface area contributed by atoms with Gasteiger partial charge < -0.3 is 10.6 Å². The fourth-order valence-electron chi connectivity index (χ4n) is 2.94. The largest absolute Gasteiger partial charge is 0.330 e. The third-order valence-electron chi connectivity index (χ3n) is 4.26. The lowest BCUT2D eigenvalue weighted by Crippen LogP contribution is -2.33. The van der Waals surface area contributed by atoms with Crippen molar-refractivity contribution in [3.63, 3.8) is 0 Å². The Kier molecular flexibility index (Phi) is 6.37. The first kappa shape index (κ1) is 14.0. The van der Waals surface area contributed by atoms with Gasteiger partial charge in [-0.15, -0.1) is 0 Å². The summed E-state index contributed by atoms with van der Waals surface area (Å²) in [5, 5.41) is 0. The lowest BCUT2D eigenvalue weighted by molar-refractivity contribution is 0.216. The molecule has 0 heterocycles. The van der Waals surface area contributed by atoms with E-state index < -0.39 is 0 Å². The number of nitrogens with two attached hydrogens (primary N) is 1. The van der Waals surface area contributed by atoms with E-state index in [1.54, 1.807) is 0 Å². The van der Waals surface area contributed by atoms with Crippen LogP contribution in [0.25, 0.3) is 0 Å². The van der Waals surface area contributed by atoms with Crippen molar-refractivity contribution in [3.8, 4) is 0 Å². The summed E-state index contributed by atoms with van der Waals surface area (Å²) < 4.78 is 0. The van der Waals surface area contributed by atoms with Crippen LogP contribution in [0.3, 0.4) is 0 Å². The first-order valence-corrected chi connectivity index (χ1v) is 7.05. The Labute approximate surface area is 102 Å². The molecule has 0 bridgehead atoms. The predicted octanol–water partition coefficient (Wildman–Crippen LogP) is 2.87. The van der Waals surface area contributed by atoms with Gasteiger partial charge in [-0.1, -0.05) is 26.7 Å². The first-order chi connectivity index (χ1) is 7.65. The highest BCUT2D eigenvalue weighted by molar-refractivity contribution is 4.77. The second-order valence-corrected chi connectivity index (χ2v) is 5.79. The third-order valence-corrected chi connectivity index (χ3v) is 4.26. The maximum absolute atomic E-state index is 5.57. The van der Waals surface area contributed by atoms with E-state index in [4.69, 9.17) is 5.73 Å². The van der Waals surface area contributed by atoms with Crippen LogP contribution in [-0.2, 0) is 0 Å². The Balaban J connectivity index is 2.34. The predicted molar refractivity (Wildman–Crippen MR) is 71.5 cm³/mol. The highest BCUT2D eigenvalue weighted by Gasteiger charge is 2.22. The van der Waals surface area contributed by atoms with Gasteiger partial charge in [-0.05, 0) is 57.7 Å². The number of hydrogen-bond acceptors (Lipinski definition) is 2. The highest BCUT2D eigenvalue weighted by atomic mass is 15.1. The molecule has 0 radical (unpaired) electrons. The molecule has 0 aliphatic heterocycles. The molecule has 1 aliphatic carbocycles. The van der Waals surface area contributed by atoms with Gasteiger partial charge in [0.15, 0.2) is 0 Å². The van der Waals surface area contributed by atoms with Crippen molar-refractivity contribution < 1.29 is 0 Å². The van der Waals surface area contributed by atoms with E-state index in [1.165, 1.54) is 38.6 Å². The monoisotopic (exact) mass is 226 g/mol. The van der Waals surface area contributed by atoms with Crippen LogP contribution in [-0.4, -0.2) is 31.1 Å². The van der Waals surface area contributed by atoms with Gasteiger partial charge in [0.2, 0.25) is 0 Å². The van der Waals surface area contributed by atoms with E-state index in [0.29, 0.717) is 0 Å². The minimum Gasteiger partial charge on any atom is -0.330 e. The third kappa shape index (κ3) is 4.42. The zero-order valence-electron chi connectivity index (χ0n) is 11.4. The van der Waals surface area contributed by atoms with E-state index >= 15 is 0 Å². The summed E-state index contributed by atoms with van der Waals surface area (Å²) in [4.78, 5) is 2.54. The lowest BCUT2D eigenvalue weighted by atomic mass is 9.89. The van der Waals surface area contributed by atoms with Gasteiger partial charge >= 0.3 is 0 Å². The molecule has 2 unspecified atom stereocenters. The topological polar surface area (TPSA) is 29.3 Å². The van der Waals surface area contributed by atoms with Crippen molar-refractivity contribution in [2.75, 3.05) is 20.1 Å². The second kappa shape index (κ2) is 7.29. The fourth-order valence-corrected chi connectivity index (χ4v) is 2.94. The summed E-state index contributed by atoms with van der Waals surface area (Å²) in [6.07, 6.45) is 8.21. The molecule has 2 N–H and O–H groups in total. The Bertz CT molecular complexity index is 180. The van der Waals surface area contributed by atoms with Crippen molar-refractivity contribution in [1.82, 2.24) is 4.90 Å².